The Morgan fingerprint density at radius 2 is 2.00 bits per heavy atom. The molecule has 0 spiro atoms. The van der Waals surface area contributed by atoms with E-state index in [4.69, 9.17) is 10.5 Å². The minimum Gasteiger partial charge on any atom is -0.326 e. The fraction of sp³-hybridized carbons (Fsp3) is 0.308. The van der Waals surface area contributed by atoms with E-state index < -0.39 is 0 Å². The van der Waals surface area contributed by atoms with Gasteiger partial charge in [-0.25, -0.2) is 0 Å². The Hall–Kier alpha value is -2.37. The maximum Gasteiger partial charge on any atom is 0.224 e. The van der Waals surface area contributed by atoms with Gasteiger partial charge in [-0.15, -0.1) is 0 Å². The van der Waals surface area contributed by atoms with Crippen LogP contribution in [-0.2, 0) is 4.79 Å². The van der Waals surface area contributed by atoms with Gasteiger partial charge in [0.25, 0.3) is 0 Å². The van der Waals surface area contributed by atoms with Crippen LogP contribution in [0.25, 0.3) is 0 Å². The van der Waals surface area contributed by atoms with Gasteiger partial charge in [-0.1, -0.05) is 0 Å². The Balaban J connectivity index is 2.66. The van der Waals surface area contributed by atoms with Gasteiger partial charge < -0.3 is 10.6 Å². The van der Waals surface area contributed by atoms with Crippen LogP contribution in [0.15, 0.2) is 18.2 Å². The Kier molecular flexibility index (Phi) is 5.37. The van der Waals surface area contributed by atoms with Crippen molar-refractivity contribution in [3.05, 3.63) is 29.3 Å². The summed E-state index contributed by atoms with van der Waals surface area (Å²) in [4.78, 5) is 11.6. The highest BCUT2D eigenvalue weighted by Gasteiger charge is 2.05. The third kappa shape index (κ3) is 3.89. The van der Waals surface area contributed by atoms with Crippen LogP contribution in [0, 0.1) is 22.7 Å². The summed E-state index contributed by atoms with van der Waals surface area (Å²) in [5.41, 5.74) is 1.12. The first-order chi connectivity index (χ1) is 8.71. The molecule has 0 aromatic heterocycles. The number of hydrogen-bond donors (Lipinski definition) is 2. The minimum absolute atomic E-state index is 0.0983. The number of rotatable bonds is 5. The summed E-state index contributed by atoms with van der Waals surface area (Å²) >= 11 is 0. The molecule has 0 bridgehead atoms. The van der Waals surface area contributed by atoms with Crippen LogP contribution in [-0.4, -0.2) is 19.5 Å². The number of nitrogens with one attached hydrogen (secondary N) is 2. The predicted molar refractivity (Wildman–Crippen MR) is 67.7 cm³/mol. The van der Waals surface area contributed by atoms with E-state index in [-0.39, 0.29) is 11.5 Å². The molecule has 0 saturated carbocycles. The quantitative estimate of drug-likeness (QED) is 0.763. The lowest BCUT2D eigenvalue weighted by Crippen LogP contribution is -2.15. The standard InChI is InChI=1S/C13H14N4O/c1-16-6-2-3-13(18)17-12-5-4-10(8-14)11(7-12)9-15/h4-5,7,16H,2-3,6H2,1H3,(H,17,18). The van der Waals surface area contributed by atoms with Crippen LogP contribution in [0.2, 0.25) is 0 Å². The first kappa shape index (κ1) is 13.7. The summed E-state index contributed by atoms with van der Waals surface area (Å²) in [6.45, 7) is 0.782. The van der Waals surface area contributed by atoms with Crippen molar-refractivity contribution >= 4 is 11.6 Å². The van der Waals surface area contributed by atoms with Crippen LogP contribution < -0.4 is 10.6 Å². The molecule has 0 saturated heterocycles. The van der Waals surface area contributed by atoms with Gasteiger partial charge in [-0.2, -0.15) is 10.5 Å². The molecule has 1 aromatic carbocycles. The Bertz CT molecular complexity index is 511. The van der Waals surface area contributed by atoms with Crippen molar-refractivity contribution in [1.82, 2.24) is 5.32 Å². The topological polar surface area (TPSA) is 88.7 Å². The number of benzene rings is 1. The van der Waals surface area contributed by atoms with Gasteiger partial charge in [0.05, 0.1) is 11.1 Å². The van der Waals surface area contributed by atoms with Gasteiger partial charge in [0.2, 0.25) is 5.91 Å². The second-order valence-electron chi connectivity index (χ2n) is 3.74. The summed E-state index contributed by atoms with van der Waals surface area (Å²) in [5, 5.41) is 23.3. The van der Waals surface area contributed by atoms with E-state index >= 15 is 0 Å². The van der Waals surface area contributed by atoms with Crippen molar-refractivity contribution in [1.29, 1.82) is 10.5 Å². The molecule has 0 aliphatic heterocycles. The Morgan fingerprint density at radius 1 is 1.28 bits per heavy atom. The zero-order valence-electron chi connectivity index (χ0n) is 10.2. The number of carbonyl (C=O) groups excluding carboxylic acids is 1. The summed E-state index contributed by atoms with van der Waals surface area (Å²) in [6.07, 6.45) is 1.17. The molecule has 5 heteroatoms. The van der Waals surface area contributed by atoms with E-state index in [1.165, 1.54) is 12.1 Å². The largest absolute Gasteiger partial charge is 0.326 e. The maximum atomic E-state index is 11.6. The van der Waals surface area contributed by atoms with Crippen molar-refractivity contribution in [2.45, 2.75) is 12.8 Å². The highest BCUT2D eigenvalue weighted by Crippen LogP contribution is 2.14. The van der Waals surface area contributed by atoms with Crippen LogP contribution in [0.4, 0.5) is 5.69 Å². The smallest absolute Gasteiger partial charge is 0.224 e. The zero-order chi connectivity index (χ0) is 13.4. The Morgan fingerprint density at radius 3 is 2.61 bits per heavy atom. The van der Waals surface area contributed by atoms with Gasteiger partial charge in [-0.3, -0.25) is 4.79 Å². The normalized spacial score (nSPS) is 9.28. The van der Waals surface area contributed by atoms with E-state index in [9.17, 15) is 4.79 Å². The fourth-order valence-corrected chi connectivity index (χ4v) is 1.46. The number of anilines is 1. The molecule has 0 aliphatic rings. The highest BCUT2D eigenvalue weighted by atomic mass is 16.1. The van der Waals surface area contributed by atoms with Crippen molar-refractivity contribution in [3.63, 3.8) is 0 Å². The lowest BCUT2D eigenvalue weighted by atomic mass is 10.1. The van der Waals surface area contributed by atoms with Crippen LogP contribution in [0.5, 0.6) is 0 Å². The molecule has 0 unspecified atom stereocenters. The van der Waals surface area contributed by atoms with E-state index in [0.717, 1.165) is 13.0 Å². The average molecular weight is 242 g/mol. The predicted octanol–water partition coefficient (Wildman–Crippen LogP) is 1.37. The van der Waals surface area contributed by atoms with Crippen LogP contribution >= 0.6 is 0 Å². The van der Waals surface area contributed by atoms with Gasteiger partial charge in [-0.05, 0) is 38.2 Å². The average Bonchev–Trinajstić information content (AvgIpc) is 2.39. The molecule has 1 rings (SSSR count). The maximum absolute atomic E-state index is 11.6. The van der Waals surface area contributed by atoms with Gasteiger partial charge in [0.1, 0.15) is 12.1 Å². The fourth-order valence-electron chi connectivity index (χ4n) is 1.46. The second-order valence-corrected chi connectivity index (χ2v) is 3.74. The molecule has 92 valence electrons. The number of carbonyl (C=O) groups is 1. The van der Waals surface area contributed by atoms with E-state index in [1.54, 1.807) is 6.07 Å². The first-order valence-corrected chi connectivity index (χ1v) is 5.60. The summed E-state index contributed by atoms with van der Waals surface area (Å²) in [7, 11) is 1.83. The summed E-state index contributed by atoms with van der Waals surface area (Å²) in [5.74, 6) is -0.0983. The number of nitriles is 2. The number of hydrogen-bond acceptors (Lipinski definition) is 4. The monoisotopic (exact) mass is 242 g/mol. The molecule has 0 heterocycles. The number of nitrogens with zero attached hydrogens (tertiary/aromatic N) is 2. The summed E-state index contributed by atoms with van der Waals surface area (Å²) in [6, 6.07) is 8.51. The zero-order valence-corrected chi connectivity index (χ0v) is 10.2. The second kappa shape index (κ2) is 7.05. The first-order valence-electron chi connectivity index (χ1n) is 5.60. The van der Waals surface area contributed by atoms with Crippen molar-refractivity contribution in [2.24, 2.45) is 0 Å². The lowest BCUT2D eigenvalue weighted by molar-refractivity contribution is -0.116. The van der Waals surface area contributed by atoms with Gasteiger partial charge in [0.15, 0.2) is 0 Å². The lowest BCUT2D eigenvalue weighted by Gasteiger charge is -2.06. The van der Waals surface area contributed by atoms with Crippen molar-refractivity contribution in [3.8, 4) is 12.1 Å². The number of amides is 1. The summed E-state index contributed by atoms with van der Waals surface area (Å²) < 4.78 is 0. The van der Waals surface area contributed by atoms with Crippen molar-refractivity contribution < 1.29 is 4.79 Å². The highest BCUT2D eigenvalue weighted by molar-refractivity contribution is 5.91. The molecule has 0 radical (unpaired) electrons. The molecule has 0 aliphatic carbocycles. The molecule has 5 nitrogen and oxygen atoms in total. The molecule has 0 fully saturated rings. The minimum atomic E-state index is -0.0983. The Labute approximate surface area is 106 Å². The third-order valence-corrected chi connectivity index (χ3v) is 2.37. The molecule has 2 N–H and O–H groups in total. The molecular weight excluding hydrogens is 228 g/mol. The molecule has 1 aromatic rings. The third-order valence-electron chi connectivity index (χ3n) is 2.37. The molecular formula is C13H14N4O. The van der Waals surface area contributed by atoms with Gasteiger partial charge >= 0.3 is 0 Å². The molecule has 0 atom stereocenters. The van der Waals surface area contributed by atoms with E-state index in [0.29, 0.717) is 17.7 Å². The SMILES string of the molecule is CNCCCC(=O)Nc1ccc(C#N)c(C#N)c1. The molecule has 18 heavy (non-hydrogen) atoms. The molecule has 1 amide bonds. The van der Waals surface area contributed by atoms with Gasteiger partial charge in [0, 0.05) is 12.1 Å². The van der Waals surface area contributed by atoms with E-state index in [1.807, 2.05) is 19.2 Å². The van der Waals surface area contributed by atoms with E-state index in [2.05, 4.69) is 10.6 Å². The van der Waals surface area contributed by atoms with Crippen molar-refractivity contribution in [2.75, 3.05) is 18.9 Å². The van der Waals surface area contributed by atoms with Crippen LogP contribution in [0.3, 0.4) is 0 Å². The van der Waals surface area contributed by atoms with Crippen LogP contribution in [0.1, 0.15) is 24.0 Å².